The van der Waals surface area contributed by atoms with E-state index >= 15 is 0 Å². The molecule has 0 amide bonds. The van der Waals surface area contributed by atoms with Crippen molar-refractivity contribution in [1.82, 2.24) is 10.1 Å². The van der Waals surface area contributed by atoms with Crippen molar-refractivity contribution >= 4 is 16.8 Å². The van der Waals surface area contributed by atoms with Crippen LogP contribution in [-0.2, 0) is 0 Å². The summed E-state index contributed by atoms with van der Waals surface area (Å²) < 4.78 is 18.7. The van der Waals surface area contributed by atoms with Crippen LogP contribution >= 0.6 is 0 Å². The van der Waals surface area contributed by atoms with Gasteiger partial charge in [0.15, 0.2) is 0 Å². The normalized spacial score (nSPS) is 11.2. The minimum Gasteiger partial charge on any atom is -0.367 e. The highest BCUT2D eigenvalue weighted by Gasteiger charge is 2.13. The van der Waals surface area contributed by atoms with Crippen molar-refractivity contribution in [3.05, 3.63) is 35.9 Å². The van der Waals surface area contributed by atoms with Gasteiger partial charge in [-0.25, -0.2) is 4.39 Å². The number of fused-ring (bicyclic) bond motifs is 1. The monoisotopic (exact) mass is 231 g/mol. The third kappa shape index (κ3) is 1.47. The van der Waals surface area contributed by atoms with Crippen molar-refractivity contribution in [2.45, 2.75) is 6.92 Å². The highest BCUT2D eigenvalue weighted by atomic mass is 19.1. The second kappa shape index (κ2) is 3.35. The number of aromatic amines is 1. The average Bonchev–Trinajstić information content (AvgIpc) is 2.82. The van der Waals surface area contributed by atoms with Gasteiger partial charge >= 0.3 is 0 Å². The van der Waals surface area contributed by atoms with Crippen molar-refractivity contribution in [3.8, 4) is 11.1 Å². The maximum absolute atomic E-state index is 13.9. The van der Waals surface area contributed by atoms with Crippen molar-refractivity contribution in [1.29, 1.82) is 0 Å². The Bertz CT molecular complexity index is 699. The first kappa shape index (κ1) is 9.89. The van der Waals surface area contributed by atoms with Crippen LogP contribution in [0, 0.1) is 12.7 Å². The van der Waals surface area contributed by atoms with Crippen LogP contribution in [0.2, 0.25) is 0 Å². The molecule has 0 unspecified atom stereocenters. The number of aryl methyl sites for hydroxylation is 1. The molecule has 5 heteroatoms. The quantitative estimate of drug-likeness (QED) is 0.676. The van der Waals surface area contributed by atoms with Gasteiger partial charge in [-0.3, -0.25) is 0 Å². The van der Waals surface area contributed by atoms with E-state index in [1.807, 2.05) is 13.0 Å². The van der Waals surface area contributed by atoms with Crippen molar-refractivity contribution in [3.63, 3.8) is 0 Å². The van der Waals surface area contributed by atoms with Crippen LogP contribution in [0.5, 0.6) is 0 Å². The lowest BCUT2D eigenvalue weighted by Gasteiger charge is -2.01. The molecule has 2 aromatic heterocycles. The zero-order valence-electron chi connectivity index (χ0n) is 9.12. The van der Waals surface area contributed by atoms with E-state index in [0.29, 0.717) is 11.1 Å². The Morgan fingerprint density at radius 1 is 1.29 bits per heavy atom. The molecule has 3 aromatic rings. The van der Waals surface area contributed by atoms with E-state index in [1.54, 1.807) is 6.07 Å². The number of anilines is 1. The van der Waals surface area contributed by atoms with E-state index in [1.165, 1.54) is 12.3 Å². The van der Waals surface area contributed by atoms with Crippen molar-refractivity contribution < 1.29 is 8.91 Å². The fraction of sp³-hybridized carbons (Fsp3) is 0.0833. The highest BCUT2D eigenvalue weighted by Crippen LogP contribution is 2.31. The Balaban J connectivity index is 2.29. The van der Waals surface area contributed by atoms with E-state index in [0.717, 1.165) is 16.6 Å². The lowest BCUT2D eigenvalue weighted by Crippen LogP contribution is -1.88. The van der Waals surface area contributed by atoms with Gasteiger partial charge in [-0.15, -0.1) is 0 Å². The number of H-pyrrole nitrogens is 1. The molecule has 1 aromatic carbocycles. The summed E-state index contributed by atoms with van der Waals surface area (Å²) in [4.78, 5) is 3.15. The Morgan fingerprint density at radius 3 is 2.82 bits per heavy atom. The van der Waals surface area contributed by atoms with Gasteiger partial charge in [0.2, 0.25) is 5.88 Å². The van der Waals surface area contributed by atoms with Crippen LogP contribution in [0.1, 0.15) is 5.69 Å². The second-order valence-corrected chi connectivity index (χ2v) is 3.98. The standard InChI is InChI=1S/C12H10FN3O/c1-6-2-7-3-10(13)8(4-11(7)16-6)9-5-15-17-12(9)14/h2-5,16H,14H2,1H3. The van der Waals surface area contributed by atoms with Gasteiger partial charge in [0.1, 0.15) is 5.82 Å². The molecule has 0 saturated heterocycles. The summed E-state index contributed by atoms with van der Waals surface area (Å²) >= 11 is 0. The van der Waals surface area contributed by atoms with E-state index in [-0.39, 0.29) is 11.7 Å². The van der Waals surface area contributed by atoms with Crippen LogP contribution in [-0.4, -0.2) is 10.1 Å². The predicted molar refractivity (Wildman–Crippen MR) is 62.9 cm³/mol. The molecule has 3 rings (SSSR count). The molecule has 0 spiro atoms. The number of rotatable bonds is 1. The summed E-state index contributed by atoms with van der Waals surface area (Å²) in [6.07, 6.45) is 1.41. The van der Waals surface area contributed by atoms with Crippen LogP contribution in [0.25, 0.3) is 22.0 Å². The summed E-state index contributed by atoms with van der Waals surface area (Å²) in [5, 5.41) is 4.38. The first-order valence-electron chi connectivity index (χ1n) is 5.14. The molecule has 0 aliphatic rings. The molecule has 0 fully saturated rings. The molecule has 4 nitrogen and oxygen atoms in total. The van der Waals surface area contributed by atoms with Crippen LogP contribution in [0.3, 0.4) is 0 Å². The Labute approximate surface area is 96.2 Å². The van der Waals surface area contributed by atoms with Crippen LogP contribution in [0.15, 0.2) is 28.9 Å². The zero-order valence-corrected chi connectivity index (χ0v) is 9.12. The molecule has 86 valence electrons. The maximum atomic E-state index is 13.9. The largest absolute Gasteiger partial charge is 0.367 e. The topological polar surface area (TPSA) is 67.8 Å². The van der Waals surface area contributed by atoms with E-state index in [2.05, 4.69) is 10.1 Å². The fourth-order valence-corrected chi connectivity index (χ4v) is 1.96. The summed E-state index contributed by atoms with van der Waals surface area (Å²) in [7, 11) is 0. The number of hydrogen-bond acceptors (Lipinski definition) is 3. The first-order valence-corrected chi connectivity index (χ1v) is 5.14. The molecule has 3 N–H and O–H groups in total. The summed E-state index contributed by atoms with van der Waals surface area (Å²) in [5.41, 5.74) is 8.28. The van der Waals surface area contributed by atoms with Gasteiger partial charge in [-0.2, -0.15) is 0 Å². The fourth-order valence-electron chi connectivity index (χ4n) is 1.96. The third-order valence-electron chi connectivity index (χ3n) is 2.73. The molecule has 0 aliphatic carbocycles. The predicted octanol–water partition coefficient (Wildman–Crippen LogP) is 2.85. The van der Waals surface area contributed by atoms with Gasteiger partial charge in [-0.1, -0.05) is 5.16 Å². The van der Waals surface area contributed by atoms with Crippen molar-refractivity contribution in [2.24, 2.45) is 0 Å². The number of benzene rings is 1. The van der Waals surface area contributed by atoms with Crippen LogP contribution < -0.4 is 5.73 Å². The number of hydrogen-bond donors (Lipinski definition) is 2. The van der Waals surface area contributed by atoms with Gasteiger partial charge in [0.05, 0.1) is 11.8 Å². The zero-order chi connectivity index (χ0) is 12.0. The molecule has 2 heterocycles. The molecular formula is C12H10FN3O. The Hall–Kier alpha value is -2.30. The number of halogens is 1. The van der Waals surface area contributed by atoms with Crippen molar-refractivity contribution in [2.75, 3.05) is 5.73 Å². The van der Waals surface area contributed by atoms with Gasteiger partial charge < -0.3 is 15.2 Å². The molecule has 0 aliphatic heterocycles. The molecule has 17 heavy (non-hydrogen) atoms. The number of nitrogens with one attached hydrogen (secondary N) is 1. The average molecular weight is 231 g/mol. The van der Waals surface area contributed by atoms with Gasteiger partial charge in [0.25, 0.3) is 0 Å². The van der Waals surface area contributed by atoms with Crippen LogP contribution in [0.4, 0.5) is 10.3 Å². The molecule has 0 bridgehead atoms. The van der Waals surface area contributed by atoms with Gasteiger partial charge in [-0.05, 0) is 25.1 Å². The number of nitrogen functional groups attached to an aromatic ring is 1. The second-order valence-electron chi connectivity index (χ2n) is 3.98. The number of aromatic nitrogens is 2. The Morgan fingerprint density at radius 2 is 2.12 bits per heavy atom. The van der Waals surface area contributed by atoms with E-state index < -0.39 is 0 Å². The smallest absolute Gasteiger partial charge is 0.230 e. The van der Waals surface area contributed by atoms with Gasteiger partial charge in [0, 0.05) is 22.2 Å². The summed E-state index contributed by atoms with van der Waals surface area (Å²) in [6, 6.07) is 5.07. The summed E-state index contributed by atoms with van der Waals surface area (Å²) in [6.45, 7) is 1.92. The SMILES string of the molecule is Cc1cc2cc(F)c(-c3cnoc3N)cc2[nH]1. The van der Waals surface area contributed by atoms with E-state index in [9.17, 15) is 4.39 Å². The molecular weight excluding hydrogens is 221 g/mol. The number of nitrogens with zero attached hydrogens (tertiary/aromatic N) is 1. The maximum Gasteiger partial charge on any atom is 0.230 e. The Kier molecular flexibility index (Phi) is 1.95. The number of nitrogens with two attached hydrogens (primary N) is 1. The lowest BCUT2D eigenvalue weighted by molar-refractivity contribution is 0.436. The summed E-state index contributed by atoms with van der Waals surface area (Å²) in [5.74, 6) is -0.224. The molecule has 0 radical (unpaired) electrons. The first-order chi connectivity index (χ1) is 8.15. The highest BCUT2D eigenvalue weighted by molar-refractivity contribution is 5.87. The minimum absolute atomic E-state index is 0.117. The van der Waals surface area contributed by atoms with E-state index in [4.69, 9.17) is 10.3 Å². The lowest BCUT2D eigenvalue weighted by atomic mass is 10.1. The molecule has 0 atom stereocenters. The molecule has 0 saturated carbocycles. The third-order valence-corrected chi connectivity index (χ3v) is 2.73. The minimum atomic E-state index is -0.341.